The summed E-state index contributed by atoms with van der Waals surface area (Å²) in [4.78, 5) is 12.1. The van der Waals surface area contributed by atoms with E-state index in [4.69, 9.17) is 4.74 Å². The highest BCUT2D eigenvalue weighted by molar-refractivity contribution is 9.10. The fraction of sp³-hybridized carbons (Fsp3) is 0.667. The maximum absolute atomic E-state index is 12.1. The molecule has 0 saturated carbocycles. The molecule has 1 aliphatic rings. The second-order valence-corrected chi connectivity index (χ2v) is 5.35. The van der Waals surface area contributed by atoms with Crippen LogP contribution in [0.2, 0.25) is 0 Å². The highest BCUT2D eigenvalue weighted by Gasteiger charge is 2.25. The molecule has 1 aromatic rings. The van der Waals surface area contributed by atoms with Crippen molar-refractivity contribution < 1.29 is 9.53 Å². The van der Waals surface area contributed by atoms with Gasteiger partial charge in [-0.3, -0.25) is 9.48 Å². The van der Waals surface area contributed by atoms with Crippen LogP contribution < -0.4 is 5.32 Å². The van der Waals surface area contributed by atoms with Crippen LogP contribution in [0.15, 0.2) is 10.7 Å². The summed E-state index contributed by atoms with van der Waals surface area (Å²) in [5.41, 5.74) is 0.432. The second-order valence-electron chi connectivity index (χ2n) is 4.49. The maximum atomic E-state index is 12.1. The zero-order valence-electron chi connectivity index (χ0n) is 10.6. The summed E-state index contributed by atoms with van der Waals surface area (Å²) in [6.45, 7) is 5.49. The summed E-state index contributed by atoms with van der Waals surface area (Å²) in [6, 6.07) is 0.0127. The molecule has 1 aliphatic heterocycles. The number of halogens is 1. The second kappa shape index (κ2) is 5.84. The molecule has 0 bridgehead atoms. The van der Waals surface area contributed by atoms with E-state index in [1.165, 1.54) is 0 Å². The van der Waals surface area contributed by atoms with E-state index in [2.05, 4.69) is 26.3 Å². The molecular formula is C12H18BrN3O2. The molecule has 0 radical (unpaired) electrons. The Hall–Kier alpha value is -0.880. The first-order chi connectivity index (χ1) is 8.61. The van der Waals surface area contributed by atoms with Crippen LogP contribution in [0.25, 0.3) is 0 Å². The normalized spacial score (nSPS) is 20.9. The average molecular weight is 316 g/mol. The van der Waals surface area contributed by atoms with E-state index in [1.807, 2.05) is 20.0 Å². The first kappa shape index (κ1) is 13.5. The number of hydrogen-bond donors (Lipinski definition) is 1. The van der Waals surface area contributed by atoms with Gasteiger partial charge in [0.05, 0.1) is 16.6 Å². The number of nitrogens with zero attached hydrogens (tertiary/aromatic N) is 2. The van der Waals surface area contributed by atoms with Crippen LogP contribution >= 0.6 is 15.9 Å². The van der Waals surface area contributed by atoms with Gasteiger partial charge in [-0.25, -0.2) is 0 Å². The molecule has 0 aromatic carbocycles. The van der Waals surface area contributed by atoms with Crippen molar-refractivity contribution >= 4 is 21.8 Å². The molecular weight excluding hydrogens is 298 g/mol. The molecule has 0 spiro atoms. The number of carbonyl (C=O) groups is 1. The summed E-state index contributed by atoms with van der Waals surface area (Å²) >= 11 is 3.36. The van der Waals surface area contributed by atoms with Gasteiger partial charge < -0.3 is 10.1 Å². The van der Waals surface area contributed by atoms with Gasteiger partial charge in [0.1, 0.15) is 0 Å². The van der Waals surface area contributed by atoms with E-state index in [0.29, 0.717) is 5.69 Å². The Morgan fingerprint density at radius 1 is 1.78 bits per heavy atom. The molecule has 1 N–H and O–H groups in total. The Labute approximate surface area is 115 Å². The summed E-state index contributed by atoms with van der Waals surface area (Å²) < 4.78 is 8.01. The molecule has 2 atom stereocenters. The number of nitrogens with one attached hydrogen (secondary N) is 1. The predicted octanol–water partition coefficient (Wildman–Crippen LogP) is 1.96. The molecule has 1 fully saturated rings. The molecule has 100 valence electrons. The van der Waals surface area contributed by atoms with Crippen molar-refractivity contribution in [2.45, 2.75) is 45.4 Å². The third kappa shape index (κ3) is 2.92. The van der Waals surface area contributed by atoms with Gasteiger partial charge in [-0.2, -0.15) is 5.10 Å². The van der Waals surface area contributed by atoms with Crippen LogP contribution in [0, 0.1) is 0 Å². The van der Waals surface area contributed by atoms with Crippen molar-refractivity contribution in [2.24, 2.45) is 0 Å². The fourth-order valence-corrected chi connectivity index (χ4v) is 2.57. The molecule has 1 amide bonds. The first-order valence-corrected chi connectivity index (χ1v) is 7.06. The minimum absolute atomic E-state index is 0.0127. The van der Waals surface area contributed by atoms with E-state index in [9.17, 15) is 4.79 Å². The van der Waals surface area contributed by atoms with Gasteiger partial charge in [-0.1, -0.05) is 0 Å². The van der Waals surface area contributed by atoms with Crippen LogP contribution in [0.5, 0.6) is 0 Å². The van der Waals surface area contributed by atoms with Gasteiger partial charge in [0.25, 0.3) is 5.91 Å². The number of rotatable bonds is 4. The highest BCUT2D eigenvalue weighted by atomic mass is 79.9. The fourth-order valence-electron chi connectivity index (χ4n) is 2.08. The van der Waals surface area contributed by atoms with Crippen LogP contribution in [0.4, 0.5) is 0 Å². The van der Waals surface area contributed by atoms with Crippen LogP contribution in [0.3, 0.4) is 0 Å². The van der Waals surface area contributed by atoms with Crippen molar-refractivity contribution in [1.82, 2.24) is 15.1 Å². The average Bonchev–Trinajstić information content (AvgIpc) is 2.97. The van der Waals surface area contributed by atoms with E-state index < -0.39 is 0 Å². The zero-order chi connectivity index (χ0) is 13.1. The van der Waals surface area contributed by atoms with Gasteiger partial charge in [0.2, 0.25) is 0 Å². The summed E-state index contributed by atoms with van der Waals surface area (Å²) in [5, 5.41) is 7.17. The molecule has 6 heteroatoms. The number of hydrogen-bond acceptors (Lipinski definition) is 3. The molecule has 1 saturated heterocycles. The minimum Gasteiger partial charge on any atom is -0.376 e. The van der Waals surface area contributed by atoms with Gasteiger partial charge in [-0.05, 0) is 42.6 Å². The molecule has 18 heavy (non-hydrogen) atoms. The largest absolute Gasteiger partial charge is 0.376 e. The molecule has 2 rings (SSSR count). The molecule has 5 nitrogen and oxygen atoms in total. The van der Waals surface area contributed by atoms with Gasteiger partial charge in [-0.15, -0.1) is 0 Å². The smallest absolute Gasteiger partial charge is 0.273 e. The molecule has 2 heterocycles. The minimum atomic E-state index is -0.155. The molecule has 1 aromatic heterocycles. The third-order valence-corrected chi connectivity index (χ3v) is 3.72. The Morgan fingerprint density at radius 3 is 3.11 bits per heavy atom. The van der Waals surface area contributed by atoms with Gasteiger partial charge in [0.15, 0.2) is 5.69 Å². The van der Waals surface area contributed by atoms with E-state index in [0.717, 1.165) is 30.5 Å². The quantitative estimate of drug-likeness (QED) is 0.924. The zero-order valence-corrected chi connectivity index (χ0v) is 12.2. The molecule has 0 aliphatic carbocycles. The lowest BCUT2D eigenvalue weighted by Crippen LogP contribution is -2.41. The highest BCUT2D eigenvalue weighted by Crippen LogP contribution is 2.18. The predicted molar refractivity (Wildman–Crippen MR) is 71.5 cm³/mol. The van der Waals surface area contributed by atoms with Crippen molar-refractivity contribution in [1.29, 1.82) is 0 Å². The van der Waals surface area contributed by atoms with Crippen molar-refractivity contribution in [2.75, 3.05) is 6.61 Å². The van der Waals surface area contributed by atoms with E-state index in [-0.39, 0.29) is 18.1 Å². The van der Waals surface area contributed by atoms with Crippen LogP contribution in [-0.2, 0) is 11.3 Å². The lowest BCUT2D eigenvalue weighted by molar-refractivity contribution is 0.0708. The Morgan fingerprint density at radius 2 is 2.56 bits per heavy atom. The number of aryl methyl sites for hydroxylation is 1. The van der Waals surface area contributed by atoms with E-state index in [1.54, 1.807) is 4.68 Å². The number of amides is 1. The maximum Gasteiger partial charge on any atom is 0.273 e. The van der Waals surface area contributed by atoms with Crippen molar-refractivity contribution in [3.8, 4) is 0 Å². The summed E-state index contributed by atoms with van der Waals surface area (Å²) in [7, 11) is 0. The SMILES string of the molecule is CCn1cc(Br)c(C(=O)N[C@H](C)[C@H]2CCCO2)n1. The van der Waals surface area contributed by atoms with Gasteiger partial charge >= 0.3 is 0 Å². The van der Waals surface area contributed by atoms with Crippen molar-refractivity contribution in [3.05, 3.63) is 16.4 Å². The third-order valence-electron chi connectivity index (χ3n) is 3.14. The molecule has 0 unspecified atom stereocenters. The number of carbonyl (C=O) groups excluding carboxylic acids is 1. The summed E-state index contributed by atoms with van der Waals surface area (Å²) in [6.07, 6.45) is 4.01. The van der Waals surface area contributed by atoms with E-state index >= 15 is 0 Å². The van der Waals surface area contributed by atoms with Gasteiger partial charge in [0, 0.05) is 19.3 Å². The first-order valence-electron chi connectivity index (χ1n) is 6.27. The van der Waals surface area contributed by atoms with Crippen LogP contribution in [0.1, 0.15) is 37.2 Å². The Balaban J connectivity index is 1.99. The standard InChI is InChI=1S/C12H18BrN3O2/c1-3-16-7-9(13)11(15-16)12(17)14-8(2)10-5-4-6-18-10/h7-8,10H,3-6H2,1-2H3,(H,14,17)/t8-,10-/m1/s1. The lowest BCUT2D eigenvalue weighted by Gasteiger charge is -2.19. The Kier molecular flexibility index (Phi) is 4.40. The summed E-state index contributed by atoms with van der Waals surface area (Å²) in [5.74, 6) is -0.155. The lowest BCUT2D eigenvalue weighted by atomic mass is 10.1. The Bertz CT molecular complexity index is 427. The number of aromatic nitrogens is 2. The number of ether oxygens (including phenoxy) is 1. The topological polar surface area (TPSA) is 56.2 Å². The monoisotopic (exact) mass is 315 g/mol. The van der Waals surface area contributed by atoms with Crippen molar-refractivity contribution in [3.63, 3.8) is 0 Å². The van der Waals surface area contributed by atoms with Crippen LogP contribution in [-0.4, -0.2) is 34.4 Å².